The zero-order valence-corrected chi connectivity index (χ0v) is 11.4. The highest BCUT2D eigenvalue weighted by Gasteiger charge is 2.08. The highest BCUT2D eigenvalue weighted by molar-refractivity contribution is 5.89. The predicted octanol–water partition coefficient (Wildman–Crippen LogP) is 1.83. The Kier molecular flexibility index (Phi) is 3.23. The van der Waals surface area contributed by atoms with E-state index in [1.54, 1.807) is 24.3 Å². The number of nitrogens with one attached hydrogen (secondary N) is 1. The van der Waals surface area contributed by atoms with E-state index in [2.05, 4.69) is 15.0 Å². The van der Waals surface area contributed by atoms with Gasteiger partial charge in [-0.3, -0.25) is 0 Å². The van der Waals surface area contributed by atoms with Crippen LogP contribution < -0.4 is 11.5 Å². The van der Waals surface area contributed by atoms with Gasteiger partial charge in [0.1, 0.15) is 5.82 Å². The van der Waals surface area contributed by atoms with E-state index < -0.39 is 5.97 Å². The first-order valence-corrected chi connectivity index (χ1v) is 6.46. The molecule has 0 fully saturated rings. The van der Waals surface area contributed by atoms with E-state index in [0.29, 0.717) is 11.5 Å². The van der Waals surface area contributed by atoms with Crippen LogP contribution in [0.5, 0.6) is 0 Å². The molecule has 0 spiro atoms. The smallest absolute Gasteiger partial charge is 0.335 e. The van der Waals surface area contributed by atoms with Gasteiger partial charge in [0, 0.05) is 5.56 Å². The van der Waals surface area contributed by atoms with E-state index in [9.17, 15) is 4.79 Å². The number of aliphatic imine (C=N–C) groups is 1. The maximum atomic E-state index is 10.9. The third kappa shape index (κ3) is 2.59. The topological polar surface area (TPSA) is 130 Å². The number of fused-ring (bicyclic) bond motifs is 1. The lowest BCUT2D eigenvalue weighted by Crippen LogP contribution is -2.21. The molecule has 3 aromatic rings. The van der Waals surface area contributed by atoms with Crippen molar-refractivity contribution in [2.75, 3.05) is 0 Å². The van der Waals surface area contributed by atoms with Crippen LogP contribution in [0.1, 0.15) is 10.4 Å². The number of rotatable bonds is 3. The van der Waals surface area contributed by atoms with Crippen LogP contribution in [0.3, 0.4) is 0 Å². The zero-order chi connectivity index (χ0) is 15.7. The Balaban J connectivity index is 2.01. The lowest BCUT2D eigenvalue weighted by molar-refractivity contribution is 0.0697. The second kappa shape index (κ2) is 5.21. The van der Waals surface area contributed by atoms with Gasteiger partial charge < -0.3 is 21.6 Å². The number of hydrogen-bond donors (Lipinski definition) is 4. The molecule has 0 saturated heterocycles. The summed E-state index contributed by atoms with van der Waals surface area (Å²) < 4.78 is 0. The molecule has 0 amide bonds. The van der Waals surface area contributed by atoms with Gasteiger partial charge in [0.15, 0.2) is 5.96 Å². The summed E-state index contributed by atoms with van der Waals surface area (Å²) in [6.07, 6.45) is 0. The van der Waals surface area contributed by atoms with Crippen molar-refractivity contribution in [1.82, 2.24) is 9.97 Å². The SMILES string of the molecule is NC(N)=Nc1ccc2nc(-c3ccc(C(=O)O)cc3)[nH]c2c1. The second-order valence-electron chi connectivity index (χ2n) is 4.71. The molecule has 0 atom stereocenters. The first kappa shape index (κ1) is 13.6. The van der Waals surface area contributed by atoms with Crippen molar-refractivity contribution in [3.05, 3.63) is 48.0 Å². The molecule has 7 nitrogen and oxygen atoms in total. The van der Waals surface area contributed by atoms with E-state index in [1.165, 1.54) is 12.1 Å². The fourth-order valence-corrected chi connectivity index (χ4v) is 2.12. The number of guanidine groups is 1. The van der Waals surface area contributed by atoms with E-state index in [0.717, 1.165) is 16.6 Å². The normalized spacial score (nSPS) is 10.5. The summed E-state index contributed by atoms with van der Waals surface area (Å²) in [6, 6.07) is 11.8. The maximum Gasteiger partial charge on any atom is 0.335 e. The molecule has 1 aromatic heterocycles. The molecule has 0 aliphatic heterocycles. The van der Waals surface area contributed by atoms with Gasteiger partial charge in [0.05, 0.1) is 22.3 Å². The fourth-order valence-electron chi connectivity index (χ4n) is 2.12. The molecule has 6 N–H and O–H groups in total. The molecule has 1 heterocycles. The Hall–Kier alpha value is -3.35. The number of nitrogens with zero attached hydrogens (tertiary/aromatic N) is 2. The first-order valence-electron chi connectivity index (χ1n) is 6.46. The summed E-state index contributed by atoms with van der Waals surface area (Å²) in [7, 11) is 0. The molecule has 0 saturated carbocycles. The van der Waals surface area contributed by atoms with Crippen LogP contribution in [0.2, 0.25) is 0 Å². The summed E-state index contributed by atoms with van der Waals surface area (Å²) in [5.74, 6) is -0.324. The second-order valence-corrected chi connectivity index (χ2v) is 4.71. The molecule has 110 valence electrons. The molecular formula is C15H13N5O2. The van der Waals surface area contributed by atoms with Crippen LogP contribution >= 0.6 is 0 Å². The van der Waals surface area contributed by atoms with Crippen molar-refractivity contribution in [3.63, 3.8) is 0 Å². The summed E-state index contributed by atoms with van der Waals surface area (Å²) in [5, 5.41) is 8.91. The van der Waals surface area contributed by atoms with Crippen molar-refractivity contribution < 1.29 is 9.90 Å². The van der Waals surface area contributed by atoms with Gasteiger partial charge in [0.2, 0.25) is 0 Å². The van der Waals surface area contributed by atoms with Crippen molar-refractivity contribution in [1.29, 1.82) is 0 Å². The third-order valence-corrected chi connectivity index (χ3v) is 3.13. The Morgan fingerprint density at radius 1 is 1.14 bits per heavy atom. The number of aromatic nitrogens is 2. The summed E-state index contributed by atoms with van der Waals surface area (Å²) in [6.45, 7) is 0. The lowest BCUT2D eigenvalue weighted by atomic mass is 10.1. The van der Waals surface area contributed by atoms with Crippen LogP contribution in [0, 0.1) is 0 Å². The van der Waals surface area contributed by atoms with Gasteiger partial charge >= 0.3 is 5.97 Å². The minimum atomic E-state index is -0.960. The van der Waals surface area contributed by atoms with Crippen LogP contribution in [0.15, 0.2) is 47.5 Å². The van der Waals surface area contributed by atoms with Gasteiger partial charge in [-0.25, -0.2) is 14.8 Å². The number of carboxylic acid groups (broad SMARTS) is 1. The average Bonchev–Trinajstić information content (AvgIpc) is 2.90. The molecule has 0 aliphatic carbocycles. The van der Waals surface area contributed by atoms with Gasteiger partial charge in [-0.05, 0) is 30.3 Å². The Morgan fingerprint density at radius 2 is 1.86 bits per heavy atom. The highest BCUT2D eigenvalue weighted by atomic mass is 16.4. The van der Waals surface area contributed by atoms with Gasteiger partial charge in [0.25, 0.3) is 0 Å². The maximum absolute atomic E-state index is 10.9. The summed E-state index contributed by atoms with van der Waals surface area (Å²) >= 11 is 0. The minimum absolute atomic E-state index is 0.0108. The number of H-pyrrole nitrogens is 1. The summed E-state index contributed by atoms with van der Waals surface area (Å²) in [4.78, 5) is 22.5. The van der Waals surface area contributed by atoms with E-state index in [-0.39, 0.29) is 11.5 Å². The molecule has 0 bridgehead atoms. The van der Waals surface area contributed by atoms with Gasteiger partial charge in [-0.2, -0.15) is 0 Å². The molecule has 22 heavy (non-hydrogen) atoms. The zero-order valence-electron chi connectivity index (χ0n) is 11.4. The van der Waals surface area contributed by atoms with Crippen molar-refractivity contribution >= 4 is 28.6 Å². The number of nitrogens with two attached hydrogens (primary N) is 2. The van der Waals surface area contributed by atoms with Gasteiger partial charge in [-0.1, -0.05) is 12.1 Å². The van der Waals surface area contributed by atoms with E-state index in [1.807, 2.05) is 6.07 Å². The van der Waals surface area contributed by atoms with E-state index >= 15 is 0 Å². The molecule has 0 aliphatic rings. The standard InChI is InChI=1S/C15H13N5O2/c16-15(17)18-10-5-6-11-12(7-10)20-13(19-11)8-1-3-9(4-2-8)14(21)22/h1-7H,(H,19,20)(H,21,22)(H4,16,17,18). The number of aromatic amines is 1. The van der Waals surface area contributed by atoms with Crippen LogP contribution in [0.4, 0.5) is 5.69 Å². The van der Waals surface area contributed by atoms with Crippen molar-refractivity contribution in [2.45, 2.75) is 0 Å². The molecule has 0 radical (unpaired) electrons. The van der Waals surface area contributed by atoms with Crippen molar-refractivity contribution in [2.24, 2.45) is 16.5 Å². The molecule has 7 heteroatoms. The number of carboxylic acids is 1. The molecule has 2 aromatic carbocycles. The lowest BCUT2D eigenvalue weighted by Gasteiger charge is -1.97. The van der Waals surface area contributed by atoms with Crippen LogP contribution in [0.25, 0.3) is 22.4 Å². The number of hydrogen-bond acceptors (Lipinski definition) is 3. The molecule has 3 rings (SSSR count). The monoisotopic (exact) mass is 295 g/mol. The molecule has 0 unspecified atom stereocenters. The predicted molar refractivity (Wildman–Crippen MR) is 84.0 cm³/mol. The fraction of sp³-hybridized carbons (Fsp3) is 0. The first-order chi connectivity index (χ1) is 10.5. The number of imidazole rings is 1. The Morgan fingerprint density at radius 3 is 2.50 bits per heavy atom. The Labute approximate surface area is 125 Å². The van der Waals surface area contributed by atoms with Crippen molar-refractivity contribution in [3.8, 4) is 11.4 Å². The van der Waals surface area contributed by atoms with Crippen LogP contribution in [-0.4, -0.2) is 27.0 Å². The quantitative estimate of drug-likeness (QED) is 0.432. The van der Waals surface area contributed by atoms with Gasteiger partial charge in [-0.15, -0.1) is 0 Å². The number of carbonyl (C=O) groups is 1. The highest BCUT2D eigenvalue weighted by Crippen LogP contribution is 2.24. The summed E-state index contributed by atoms with van der Waals surface area (Å²) in [5.41, 5.74) is 13.9. The minimum Gasteiger partial charge on any atom is -0.478 e. The Bertz CT molecular complexity index is 877. The van der Waals surface area contributed by atoms with Crippen LogP contribution in [-0.2, 0) is 0 Å². The number of aromatic carboxylic acids is 1. The third-order valence-electron chi connectivity index (χ3n) is 3.13. The number of benzene rings is 2. The van der Waals surface area contributed by atoms with E-state index in [4.69, 9.17) is 16.6 Å². The molecular weight excluding hydrogens is 282 g/mol. The average molecular weight is 295 g/mol. The largest absolute Gasteiger partial charge is 0.478 e.